The van der Waals surface area contributed by atoms with Crippen molar-refractivity contribution >= 4 is 62.8 Å². The van der Waals surface area contributed by atoms with Crippen LogP contribution in [-0.2, 0) is 56.5 Å². The zero-order valence-corrected chi connectivity index (χ0v) is 80.1. The molecule has 12 heterocycles. The number of benzene rings is 6. The van der Waals surface area contributed by atoms with Crippen LogP contribution in [0.3, 0.4) is 0 Å². The molecule has 0 bridgehead atoms. The van der Waals surface area contributed by atoms with E-state index in [0.717, 1.165) is 98.7 Å². The Morgan fingerprint density at radius 1 is 0.428 bits per heavy atom. The van der Waals surface area contributed by atoms with E-state index in [9.17, 15) is 35.9 Å². The number of imidazole rings is 4. The number of carbonyl (C=O) groups excluding carboxylic acids is 1. The van der Waals surface area contributed by atoms with E-state index < -0.39 is 24.9 Å². The zero-order chi connectivity index (χ0) is 98.4. The number of aromatic nitrogens is 16. The Morgan fingerprint density at radius 2 is 0.725 bits per heavy atom. The molecule has 29 nitrogen and oxygen atoms in total. The van der Waals surface area contributed by atoms with Gasteiger partial charge >= 0.3 is 22.5 Å². The predicted octanol–water partition coefficient (Wildman–Crippen LogP) is 20.1. The maximum absolute atomic E-state index is 13.6. The molecule has 12 aromatic heterocycles. The van der Waals surface area contributed by atoms with Crippen LogP contribution >= 0.6 is 0 Å². The first-order valence-electron chi connectivity index (χ1n) is 43.8. The van der Waals surface area contributed by atoms with Crippen molar-refractivity contribution in [1.82, 2.24) is 87.6 Å². The monoisotopic (exact) mass is 1920 g/mol. The number of pyridine rings is 4. The molecule has 0 amide bonds. The summed E-state index contributed by atoms with van der Waals surface area (Å²) in [6.07, 6.45) is 16.1. The molecule has 0 aliphatic heterocycles. The Hall–Kier alpha value is -15.1. The van der Waals surface area contributed by atoms with Gasteiger partial charge in [0.1, 0.15) is 52.1 Å². The van der Waals surface area contributed by atoms with Gasteiger partial charge in [-0.1, -0.05) is 102 Å². The minimum absolute atomic E-state index is 0.00959. The van der Waals surface area contributed by atoms with Gasteiger partial charge in [0.05, 0.1) is 99.9 Å². The topological polar surface area (TPSA) is 351 Å². The van der Waals surface area contributed by atoms with Crippen molar-refractivity contribution in [2.75, 3.05) is 68.8 Å². The van der Waals surface area contributed by atoms with Gasteiger partial charge in [-0.2, -0.15) is 8.42 Å². The molecule has 0 saturated carbocycles. The zero-order valence-electron chi connectivity index (χ0n) is 78.1. The normalized spacial score (nSPS) is 11.8. The quantitative estimate of drug-likeness (QED) is 0.0134. The first-order chi connectivity index (χ1) is 66.2. The fourth-order valence-electron chi connectivity index (χ4n) is 14.4. The van der Waals surface area contributed by atoms with Crippen LogP contribution in [0, 0.1) is 34.1 Å². The fourth-order valence-corrected chi connectivity index (χ4v) is 14.8. The number of hydrogen-bond acceptors (Lipinski definition) is 25. The van der Waals surface area contributed by atoms with Gasteiger partial charge in [0, 0.05) is 97.0 Å². The van der Waals surface area contributed by atoms with Crippen molar-refractivity contribution in [3.63, 3.8) is 0 Å². The number of nitrogens with one attached hydrogen (secondary N) is 5. The second-order valence-electron chi connectivity index (χ2n) is 34.7. The number of nitrogens with zero attached hydrogens (tertiary/aromatic N) is 17. The summed E-state index contributed by atoms with van der Waals surface area (Å²) in [6.45, 7) is 19.0. The van der Waals surface area contributed by atoms with E-state index in [2.05, 4.69) is 124 Å². The predicted molar refractivity (Wildman–Crippen MR) is 524 cm³/mol. The standard InChI is InChI=1S/C26H22FN5O.C26H20FN5O.C25H29FN6.C24H26FN5O3S.C2H7N.Mn.2O/c2*1-17(19-5-3-2-4-6-19)29-26-28-13-11-22(30-26)25-24(20-7-9-21(27)10-8-20)31-23-15-18(16-33)12-14-32(23)25;1-25(2,3)16-28-24-27-12-10-20(29-24)23-22(18-6-8-19(26)9-7-18)30-21-14-17(15-31(4)5)11-13-32(21)23;1-24(2,3)15-27-23-26-11-9-19(28-23)22-21(17-5-7-18(25)8-6-17)29-20-13-16(10-12-30(20)22)14-33-34(4,31)32;1-3-2;;;/h2-15,17,33H,16H2,1H3,(H,28,29,30);2-17H,1H3,(H,28,29,30);6-14H,15-16H2,1-5H3,(H,27,28,29);5-13H,14-15H2,1-4H3,(H,26,27,28);3H,1-2H3;;;/t2*17-;;;;;;/m00....../s1. The molecule has 6 N–H and O–H groups in total. The Balaban J connectivity index is 0.000000152. The molecule has 2 atom stereocenters. The SMILES string of the molecule is CC(C)(C)CNc1nccc(-c2c(-c3ccc(F)cc3)nc3cc(COS(C)(=O)=O)ccn23)n1.CN(C)Cc1ccn2c(-c3ccnc(NCC(C)(C)C)n3)c(-c3ccc(F)cc3)nc2c1.CNC.C[C@H](Nc1nccc(-c2c(-c3ccc(F)cc3)nc3cc(C=O)ccn23)n1)c1ccccc1.C[C@H](Nc1nccc(-c2c(-c3ccc(F)cc3)nc3cc(CO)ccn23)n1)c1ccccc1.[O]=[Mn]=[O]. The van der Waals surface area contributed by atoms with Gasteiger partial charge in [-0.25, -0.2) is 77.4 Å². The van der Waals surface area contributed by atoms with Gasteiger partial charge in [0.2, 0.25) is 23.8 Å². The fraction of sp³-hybridized carbons (Fsp3) is 0.214. The van der Waals surface area contributed by atoms with Crippen LogP contribution in [0.4, 0.5) is 41.4 Å². The summed E-state index contributed by atoms with van der Waals surface area (Å²) >= 11 is -1.44. The van der Waals surface area contributed by atoms with Gasteiger partial charge in [0.25, 0.3) is 10.1 Å². The minimum atomic E-state index is -3.58. The van der Waals surface area contributed by atoms with E-state index in [-0.39, 0.29) is 59.4 Å². The van der Waals surface area contributed by atoms with Gasteiger partial charge < -0.3 is 36.6 Å². The van der Waals surface area contributed by atoms with Crippen molar-refractivity contribution < 1.29 is 62.6 Å². The molecule has 0 saturated heterocycles. The molecular formula is C103H104F4MnN22O7S. The Labute approximate surface area is 802 Å². The second-order valence-corrected chi connectivity index (χ2v) is 36.6. The summed E-state index contributed by atoms with van der Waals surface area (Å²) in [6, 6.07) is 67.1. The van der Waals surface area contributed by atoms with Crippen molar-refractivity contribution in [3.8, 4) is 90.6 Å². The summed E-state index contributed by atoms with van der Waals surface area (Å²) in [4.78, 5) is 69.1. The molecule has 18 rings (SSSR count). The summed E-state index contributed by atoms with van der Waals surface area (Å²) < 4.78 is 106. The molecule has 0 aliphatic rings. The van der Waals surface area contributed by atoms with E-state index in [1.807, 2.05) is 144 Å². The molecule has 0 fully saturated rings. The van der Waals surface area contributed by atoms with Gasteiger partial charge in [-0.3, -0.25) is 26.6 Å². The van der Waals surface area contributed by atoms with Gasteiger partial charge in [-0.05, 0) is 251 Å². The van der Waals surface area contributed by atoms with Crippen LogP contribution in [0.1, 0.15) is 106 Å². The van der Waals surface area contributed by atoms with Crippen LogP contribution < -0.4 is 26.6 Å². The molecule has 0 unspecified atom stereocenters. The molecular weight excluding hydrogens is 1820 g/mol. The number of aliphatic hydroxyl groups is 1. The Bertz CT molecular complexity index is 7350. The summed E-state index contributed by atoms with van der Waals surface area (Å²) in [5.41, 5.74) is 19.7. The molecule has 0 aliphatic carbocycles. The van der Waals surface area contributed by atoms with Crippen molar-refractivity contribution in [2.45, 2.75) is 87.2 Å². The summed E-state index contributed by atoms with van der Waals surface area (Å²) in [7, 11) is 4.25. The van der Waals surface area contributed by atoms with Crippen LogP contribution in [0.2, 0.25) is 0 Å². The number of halogens is 4. The first kappa shape index (κ1) is 100. The van der Waals surface area contributed by atoms with E-state index in [4.69, 9.17) is 51.7 Å². The third kappa shape index (κ3) is 26.7. The van der Waals surface area contributed by atoms with Gasteiger partial charge in [0.15, 0.2) is 0 Å². The number of carbonyl (C=O) groups is 1. The summed E-state index contributed by atoms with van der Waals surface area (Å²) in [5.74, 6) is 0.787. The third-order valence-electron chi connectivity index (χ3n) is 20.9. The number of aldehydes is 1. The number of hydrogen-bond donors (Lipinski definition) is 6. The van der Waals surface area contributed by atoms with E-state index >= 15 is 0 Å². The van der Waals surface area contributed by atoms with Crippen LogP contribution in [0.25, 0.3) is 113 Å². The molecule has 0 spiro atoms. The van der Waals surface area contributed by atoms with Crippen LogP contribution in [0.5, 0.6) is 0 Å². The maximum atomic E-state index is 13.6. The number of rotatable bonds is 25. The van der Waals surface area contributed by atoms with Crippen molar-refractivity contribution in [2.24, 2.45) is 10.8 Å². The van der Waals surface area contributed by atoms with Crippen molar-refractivity contribution in [3.05, 3.63) is 337 Å². The van der Waals surface area contributed by atoms with Crippen molar-refractivity contribution in [1.29, 1.82) is 0 Å². The molecule has 709 valence electrons. The average Bonchev–Trinajstić information content (AvgIpc) is 1.63. The molecule has 138 heavy (non-hydrogen) atoms. The second kappa shape index (κ2) is 46.0. The Morgan fingerprint density at radius 3 is 1.04 bits per heavy atom. The molecule has 35 heteroatoms. The number of anilines is 4. The molecule has 18 aromatic rings. The molecule has 0 radical (unpaired) electrons. The van der Waals surface area contributed by atoms with Crippen LogP contribution in [-0.4, -0.2) is 150 Å². The third-order valence-corrected chi connectivity index (χ3v) is 21.4. The average molecular weight is 1930 g/mol. The van der Waals surface area contributed by atoms with E-state index in [0.29, 0.717) is 98.3 Å². The van der Waals surface area contributed by atoms with E-state index in [1.54, 1.807) is 116 Å². The van der Waals surface area contributed by atoms with E-state index in [1.165, 1.54) is 54.1 Å². The van der Waals surface area contributed by atoms with Crippen LogP contribution in [0.15, 0.2) is 280 Å². The molecule has 6 aromatic carbocycles. The first-order valence-corrected chi connectivity index (χ1v) is 46.6. The number of fused-ring (bicyclic) bond motifs is 4. The Kier molecular flexibility index (Phi) is 33.4. The summed E-state index contributed by atoms with van der Waals surface area (Å²) in [5, 5.41) is 25.6. The van der Waals surface area contributed by atoms with Gasteiger partial charge in [-0.15, -0.1) is 0 Å². The number of aliphatic hydroxyl groups excluding tert-OH is 1.